The number of hydrogen-bond donors (Lipinski definition) is 1. The molecule has 0 saturated carbocycles. The van der Waals surface area contributed by atoms with Gasteiger partial charge in [0.05, 0.1) is 16.3 Å². The summed E-state index contributed by atoms with van der Waals surface area (Å²) in [5, 5.41) is 10.6. The van der Waals surface area contributed by atoms with Crippen LogP contribution < -0.4 is 10.5 Å². The van der Waals surface area contributed by atoms with Crippen LogP contribution in [0.2, 0.25) is 5.02 Å². The van der Waals surface area contributed by atoms with Crippen LogP contribution >= 0.6 is 23.4 Å². The Morgan fingerprint density at radius 2 is 1.86 bits per heavy atom. The Hall–Kier alpha value is -2.84. The molecule has 9 heteroatoms. The van der Waals surface area contributed by atoms with Gasteiger partial charge < -0.3 is 15.0 Å². The molecule has 2 aromatic heterocycles. The fourth-order valence-corrected chi connectivity index (χ4v) is 3.62. The third-order valence-corrected chi connectivity index (χ3v) is 5.46. The summed E-state index contributed by atoms with van der Waals surface area (Å²) in [6, 6.07) is 15.0. The van der Waals surface area contributed by atoms with E-state index in [0.29, 0.717) is 34.0 Å². The number of nitrogens with zero attached hydrogens (tertiary/aromatic N) is 5. The summed E-state index contributed by atoms with van der Waals surface area (Å²) in [5.74, 6) is 2.97. The molecule has 2 N–H and O–H groups in total. The Morgan fingerprint density at radius 3 is 2.71 bits per heavy atom. The number of anilines is 1. The molecule has 0 bridgehead atoms. The van der Waals surface area contributed by atoms with Crippen LogP contribution in [0, 0.1) is 0 Å². The third kappa shape index (κ3) is 3.88. The Morgan fingerprint density at radius 1 is 1.07 bits per heavy atom. The van der Waals surface area contributed by atoms with E-state index >= 15 is 0 Å². The molecule has 0 atom stereocenters. The molecular weight excluding hydrogens is 396 g/mol. The lowest BCUT2D eigenvalue weighted by Gasteiger charge is -2.08. The fraction of sp³-hybridized carbons (Fsp3) is 0.158. The topological polar surface area (TPSA) is 91.7 Å². The van der Waals surface area contributed by atoms with E-state index in [2.05, 4.69) is 20.2 Å². The average molecular weight is 413 g/mol. The molecule has 0 fully saturated rings. The van der Waals surface area contributed by atoms with Crippen LogP contribution in [0.3, 0.4) is 0 Å². The van der Waals surface area contributed by atoms with Gasteiger partial charge in [0.25, 0.3) is 0 Å². The molecule has 28 heavy (non-hydrogen) atoms. The highest BCUT2D eigenvalue weighted by Crippen LogP contribution is 2.25. The molecule has 0 aliphatic rings. The van der Waals surface area contributed by atoms with Crippen molar-refractivity contribution in [1.29, 1.82) is 0 Å². The SMILES string of the molecule is Cn1c(COc2ccccc2Cl)nnc1SCc1nc(N)c2ccccc2n1. The van der Waals surface area contributed by atoms with Crippen LogP contribution in [0.25, 0.3) is 10.9 Å². The zero-order chi connectivity index (χ0) is 19.5. The summed E-state index contributed by atoms with van der Waals surface area (Å²) in [4.78, 5) is 8.95. The first kappa shape index (κ1) is 18.5. The summed E-state index contributed by atoms with van der Waals surface area (Å²) in [7, 11) is 1.89. The maximum absolute atomic E-state index is 6.11. The first-order valence-corrected chi connectivity index (χ1v) is 9.87. The maximum atomic E-state index is 6.11. The molecule has 2 aromatic carbocycles. The summed E-state index contributed by atoms with van der Waals surface area (Å²) in [6.07, 6.45) is 0. The predicted octanol–water partition coefficient (Wildman–Crippen LogP) is 3.87. The maximum Gasteiger partial charge on any atom is 0.191 e. The van der Waals surface area contributed by atoms with E-state index < -0.39 is 0 Å². The van der Waals surface area contributed by atoms with Gasteiger partial charge in [-0.25, -0.2) is 9.97 Å². The Labute approximate surface area is 170 Å². The first-order chi connectivity index (χ1) is 13.6. The number of nitrogen functional groups attached to an aromatic ring is 1. The lowest BCUT2D eigenvalue weighted by molar-refractivity contribution is 0.290. The van der Waals surface area contributed by atoms with Crippen molar-refractivity contribution in [3.8, 4) is 5.75 Å². The van der Waals surface area contributed by atoms with Crippen LogP contribution in [0.5, 0.6) is 5.75 Å². The number of ether oxygens (including phenoxy) is 1. The van der Waals surface area contributed by atoms with Gasteiger partial charge in [-0.05, 0) is 24.3 Å². The van der Waals surface area contributed by atoms with Crippen LogP contribution in [-0.2, 0) is 19.4 Å². The molecule has 0 aliphatic heterocycles. The van der Waals surface area contributed by atoms with Gasteiger partial charge in [-0.2, -0.15) is 0 Å². The van der Waals surface area contributed by atoms with E-state index in [1.54, 1.807) is 6.07 Å². The second-order valence-corrected chi connectivity index (χ2v) is 7.36. The van der Waals surface area contributed by atoms with Gasteiger partial charge in [0.15, 0.2) is 11.0 Å². The normalized spacial score (nSPS) is 11.1. The second kappa shape index (κ2) is 8.04. The predicted molar refractivity (Wildman–Crippen MR) is 110 cm³/mol. The molecule has 0 saturated heterocycles. The number of rotatable bonds is 6. The number of para-hydroxylation sites is 2. The molecule has 7 nitrogen and oxygen atoms in total. The van der Waals surface area contributed by atoms with E-state index in [4.69, 9.17) is 22.1 Å². The largest absolute Gasteiger partial charge is 0.484 e. The monoisotopic (exact) mass is 412 g/mol. The van der Waals surface area contributed by atoms with Gasteiger partial charge in [0.1, 0.15) is 24.0 Å². The smallest absolute Gasteiger partial charge is 0.191 e. The summed E-state index contributed by atoms with van der Waals surface area (Å²) in [5.41, 5.74) is 6.88. The van der Waals surface area contributed by atoms with E-state index in [0.717, 1.165) is 16.1 Å². The van der Waals surface area contributed by atoms with E-state index in [9.17, 15) is 0 Å². The minimum atomic E-state index is 0.271. The number of thioether (sulfide) groups is 1. The molecule has 0 spiro atoms. The number of nitrogens with two attached hydrogens (primary N) is 1. The van der Waals surface area contributed by atoms with Crippen molar-refractivity contribution in [2.45, 2.75) is 17.5 Å². The molecule has 0 aliphatic carbocycles. The molecule has 4 rings (SSSR count). The second-order valence-electron chi connectivity index (χ2n) is 6.01. The number of benzene rings is 2. The van der Waals surface area contributed by atoms with Crippen molar-refractivity contribution < 1.29 is 4.74 Å². The summed E-state index contributed by atoms with van der Waals surface area (Å²) >= 11 is 7.60. The number of halogens is 1. The average Bonchev–Trinajstić information content (AvgIpc) is 3.05. The molecule has 4 aromatic rings. The van der Waals surface area contributed by atoms with Crippen LogP contribution in [0.15, 0.2) is 53.7 Å². The number of fused-ring (bicyclic) bond motifs is 1. The molecule has 0 radical (unpaired) electrons. The molecular formula is C19H17ClN6OS. The van der Waals surface area contributed by atoms with Crippen molar-refractivity contribution in [2.75, 3.05) is 5.73 Å². The van der Waals surface area contributed by atoms with Crippen molar-refractivity contribution in [3.05, 3.63) is 65.2 Å². The van der Waals surface area contributed by atoms with Gasteiger partial charge in [-0.15, -0.1) is 10.2 Å². The molecule has 2 heterocycles. The standard InChI is InChI=1S/C19H17ClN6OS/c1-26-17(10-27-15-9-5-3-7-13(15)20)24-25-19(26)28-11-16-22-14-8-4-2-6-12(14)18(21)23-16/h2-9H,10-11H2,1H3,(H2,21,22,23). The van der Waals surface area contributed by atoms with Gasteiger partial charge in [-0.3, -0.25) is 0 Å². The highest BCUT2D eigenvalue weighted by Gasteiger charge is 2.12. The quantitative estimate of drug-likeness (QED) is 0.480. The minimum absolute atomic E-state index is 0.271. The van der Waals surface area contributed by atoms with E-state index in [-0.39, 0.29) is 6.61 Å². The Bertz CT molecular complexity index is 1130. The van der Waals surface area contributed by atoms with Crippen LogP contribution in [-0.4, -0.2) is 24.7 Å². The lowest BCUT2D eigenvalue weighted by atomic mass is 10.2. The molecule has 0 unspecified atom stereocenters. The van der Waals surface area contributed by atoms with E-state index in [1.165, 1.54) is 11.8 Å². The fourth-order valence-electron chi connectivity index (χ4n) is 2.65. The number of hydrogen-bond acceptors (Lipinski definition) is 7. The zero-order valence-electron chi connectivity index (χ0n) is 15.0. The first-order valence-electron chi connectivity index (χ1n) is 8.51. The zero-order valence-corrected chi connectivity index (χ0v) is 16.6. The van der Waals surface area contributed by atoms with Crippen LogP contribution in [0.1, 0.15) is 11.6 Å². The van der Waals surface area contributed by atoms with Gasteiger partial charge in [0, 0.05) is 12.4 Å². The Kier molecular flexibility index (Phi) is 5.31. The Balaban J connectivity index is 1.44. The van der Waals surface area contributed by atoms with Gasteiger partial charge in [-0.1, -0.05) is 47.6 Å². The van der Waals surface area contributed by atoms with Crippen molar-refractivity contribution in [2.24, 2.45) is 7.05 Å². The van der Waals surface area contributed by atoms with Crippen LogP contribution in [0.4, 0.5) is 5.82 Å². The highest BCUT2D eigenvalue weighted by molar-refractivity contribution is 7.98. The van der Waals surface area contributed by atoms with E-state index in [1.807, 2.05) is 54.1 Å². The lowest BCUT2D eigenvalue weighted by Crippen LogP contribution is -2.05. The third-order valence-electron chi connectivity index (χ3n) is 4.13. The van der Waals surface area contributed by atoms with Gasteiger partial charge >= 0.3 is 0 Å². The van der Waals surface area contributed by atoms with Crippen molar-refractivity contribution in [1.82, 2.24) is 24.7 Å². The summed E-state index contributed by atoms with van der Waals surface area (Å²) < 4.78 is 7.62. The highest BCUT2D eigenvalue weighted by atomic mass is 35.5. The van der Waals surface area contributed by atoms with Crippen molar-refractivity contribution in [3.63, 3.8) is 0 Å². The van der Waals surface area contributed by atoms with Crippen molar-refractivity contribution >= 4 is 40.1 Å². The number of aromatic nitrogens is 5. The molecule has 142 valence electrons. The summed E-state index contributed by atoms with van der Waals surface area (Å²) in [6.45, 7) is 0.271. The molecule has 0 amide bonds. The minimum Gasteiger partial charge on any atom is -0.484 e. The van der Waals surface area contributed by atoms with Gasteiger partial charge in [0.2, 0.25) is 0 Å².